The second-order valence-electron chi connectivity index (χ2n) is 6.29. The zero-order valence-electron chi connectivity index (χ0n) is 17.4. The van der Waals surface area contributed by atoms with Crippen molar-refractivity contribution < 1.29 is 14.3 Å². The van der Waals surface area contributed by atoms with Crippen molar-refractivity contribution in [1.29, 1.82) is 0 Å². The van der Waals surface area contributed by atoms with Gasteiger partial charge in [0.15, 0.2) is 0 Å². The van der Waals surface area contributed by atoms with Crippen molar-refractivity contribution in [2.24, 2.45) is 10.7 Å². The zero-order chi connectivity index (χ0) is 21.4. The number of aromatic nitrogens is 2. The molecule has 2 rings (SSSR count). The molecule has 0 radical (unpaired) electrons. The summed E-state index contributed by atoms with van der Waals surface area (Å²) < 4.78 is 10.6. The molecule has 1 aromatic carbocycles. The van der Waals surface area contributed by atoms with Crippen molar-refractivity contribution in [3.63, 3.8) is 0 Å². The third-order valence-corrected chi connectivity index (χ3v) is 4.43. The number of ether oxygens (including phenoxy) is 2. The molecular weight excluding hydrogens is 370 g/mol. The summed E-state index contributed by atoms with van der Waals surface area (Å²) in [5, 5.41) is 2.72. The fourth-order valence-corrected chi connectivity index (χ4v) is 2.86. The van der Waals surface area contributed by atoms with E-state index in [-0.39, 0.29) is 0 Å². The summed E-state index contributed by atoms with van der Waals surface area (Å²) in [6, 6.07) is 5.75. The number of allylic oxidation sites excluding steroid dienone is 2. The number of nitrogens with zero attached hydrogens (tertiary/aromatic N) is 3. The second-order valence-corrected chi connectivity index (χ2v) is 6.29. The van der Waals surface area contributed by atoms with E-state index >= 15 is 0 Å². The van der Waals surface area contributed by atoms with Gasteiger partial charge in [0.2, 0.25) is 6.41 Å². The van der Waals surface area contributed by atoms with Crippen molar-refractivity contribution in [2.75, 3.05) is 26.1 Å². The first kappa shape index (κ1) is 21.9. The number of methoxy groups -OCH3 is 1. The van der Waals surface area contributed by atoms with Crippen LogP contribution in [-0.4, -0.2) is 42.9 Å². The molecule has 0 atom stereocenters. The first-order valence-electron chi connectivity index (χ1n) is 9.21. The van der Waals surface area contributed by atoms with Crippen LogP contribution in [0.5, 0.6) is 11.8 Å². The summed E-state index contributed by atoms with van der Waals surface area (Å²) in [5.74, 6) is 0.661. The summed E-state index contributed by atoms with van der Waals surface area (Å²) in [4.78, 5) is 24.0. The average molecular weight is 397 g/mol. The molecule has 0 unspecified atom stereocenters. The number of aryl methyl sites for hydroxylation is 1. The molecule has 0 saturated carbocycles. The number of rotatable bonds is 9. The maximum Gasteiger partial charge on any atom is 0.316 e. The molecular formula is C21H27N5O3. The Morgan fingerprint density at radius 3 is 2.76 bits per heavy atom. The zero-order valence-corrected chi connectivity index (χ0v) is 17.4. The lowest BCUT2D eigenvalue weighted by Gasteiger charge is -2.16. The first-order chi connectivity index (χ1) is 13.9. The number of nitrogens with one attached hydrogen (secondary N) is 1. The number of hydrogen-bond acceptors (Lipinski definition) is 7. The number of anilines is 1. The molecule has 0 spiro atoms. The summed E-state index contributed by atoms with van der Waals surface area (Å²) >= 11 is 0. The van der Waals surface area contributed by atoms with E-state index < -0.39 is 0 Å². The molecule has 1 aromatic heterocycles. The van der Waals surface area contributed by atoms with Gasteiger partial charge in [-0.05, 0) is 44.0 Å². The maximum atomic E-state index is 11.1. The smallest absolute Gasteiger partial charge is 0.316 e. The van der Waals surface area contributed by atoms with Crippen LogP contribution in [0.25, 0.3) is 0 Å². The van der Waals surface area contributed by atoms with Gasteiger partial charge in [0, 0.05) is 37.0 Å². The van der Waals surface area contributed by atoms with E-state index in [0.717, 1.165) is 22.4 Å². The second kappa shape index (κ2) is 10.2. The molecule has 2 aromatic rings. The number of benzene rings is 1. The van der Waals surface area contributed by atoms with Crippen LogP contribution in [0.1, 0.15) is 30.7 Å². The Balaban J connectivity index is 2.43. The topological polar surface area (TPSA) is 112 Å². The summed E-state index contributed by atoms with van der Waals surface area (Å²) in [6.45, 7) is 6.25. The predicted octanol–water partition coefficient (Wildman–Crippen LogP) is 2.65. The number of carbonyl (C=O) groups excluding carboxylic acids is 1. The van der Waals surface area contributed by atoms with Crippen LogP contribution >= 0.6 is 0 Å². The maximum absolute atomic E-state index is 11.1. The van der Waals surface area contributed by atoms with Crippen LogP contribution < -0.4 is 20.5 Å². The summed E-state index contributed by atoms with van der Waals surface area (Å²) in [6.07, 6.45) is 2.75. The molecule has 0 fully saturated rings. The monoisotopic (exact) mass is 397 g/mol. The minimum absolute atomic E-state index is 0.296. The third kappa shape index (κ3) is 5.31. The van der Waals surface area contributed by atoms with E-state index in [9.17, 15) is 4.79 Å². The fourth-order valence-electron chi connectivity index (χ4n) is 2.86. The van der Waals surface area contributed by atoms with Crippen LogP contribution in [0.15, 0.2) is 40.7 Å². The molecule has 3 N–H and O–H groups in total. The molecule has 29 heavy (non-hydrogen) atoms. The minimum Gasteiger partial charge on any atom is -0.494 e. The van der Waals surface area contributed by atoms with E-state index in [4.69, 9.17) is 15.2 Å². The molecule has 8 nitrogen and oxygen atoms in total. The van der Waals surface area contributed by atoms with E-state index in [0.29, 0.717) is 48.3 Å². The molecule has 0 aliphatic carbocycles. The van der Waals surface area contributed by atoms with E-state index in [2.05, 4.69) is 20.3 Å². The lowest BCUT2D eigenvalue weighted by Crippen LogP contribution is -2.15. The fraction of sp³-hybridized carbons (Fsp3) is 0.333. The number of aliphatic imine (C=N–C) groups is 1. The normalized spacial score (nSPS) is 12.2. The van der Waals surface area contributed by atoms with Crippen molar-refractivity contribution >= 4 is 17.8 Å². The van der Waals surface area contributed by atoms with Gasteiger partial charge in [-0.1, -0.05) is 0 Å². The highest BCUT2D eigenvalue weighted by Gasteiger charge is 2.16. The number of nitrogens with two attached hydrogens (primary N) is 1. The van der Waals surface area contributed by atoms with Crippen LogP contribution in [0, 0.1) is 6.92 Å². The summed E-state index contributed by atoms with van der Waals surface area (Å²) in [7, 11) is 3.21. The van der Waals surface area contributed by atoms with E-state index in [1.54, 1.807) is 19.3 Å². The molecule has 0 saturated heterocycles. The Morgan fingerprint density at radius 1 is 1.38 bits per heavy atom. The van der Waals surface area contributed by atoms with Gasteiger partial charge in [-0.25, -0.2) is 4.98 Å². The van der Waals surface area contributed by atoms with Gasteiger partial charge in [-0.3, -0.25) is 9.79 Å². The SMILES string of the molecule is CCOc1ccc(C(=NC)/C(C)=C(/N)Cc2nc(OC)ncc2C)c(NC=O)c1. The molecule has 1 amide bonds. The Hall–Kier alpha value is -3.42. The number of amides is 1. The highest BCUT2D eigenvalue weighted by atomic mass is 16.5. The Bertz CT molecular complexity index is 938. The van der Waals surface area contributed by atoms with Gasteiger partial charge in [0.05, 0.1) is 30.8 Å². The number of hydrogen-bond donors (Lipinski definition) is 2. The quantitative estimate of drug-likeness (QED) is 0.497. The van der Waals surface area contributed by atoms with Gasteiger partial charge in [-0.2, -0.15) is 4.98 Å². The highest BCUT2D eigenvalue weighted by molar-refractivity contribution is 6.16. The average Bonchev–Trinajstić information content (AvgIpc) is 2.72. The van der Waals surface area contributed by atoms with Crippen LogP contribution in [0.4, 0.5) is 5.69 Å². The number of carbonyl (C=O) groups is 1. The van der Waals surface area contributed by atoms with Gasteiger partial charge >= 0.3 is 6.01 Å². The molecule has 0 bridgehead atoms. The van der Waals surface area contributed by atoms with E-state index in [1.807, 2.05) is 32.9 Å². The van der Waals surface area contributed by atoms with Gasteiger partial charge in [0.1, 0.15) is 5.75 Å². The Labute approximate surface area is 170 Å². The van der Waals surface area contributed by atoms with Crippen LogP contribution in [0.2, 0.25) is 0 Å². The molecule has 154 valence electrons. The van der Waals surface area contributed by atoms with Gasteiger partial charge in [-0.15, -0.1) is 0 Å². The predicted molar refractivity (Wildman–Crippen MR) is 114 cm³/mol. The molecule has 0 aliphatic heterocycles. The van der Waals surface area contributed by atoms with Crippen LogP contribution in [0.3, 0.4) is 0 Å². The Kier molecular flexibility index (Phi) is 7.70. The lowest BCUT2D eigenvalue weighted by atomic mass is 9.98. The minimum atomic E-state index is 0.296. The van der Waals surface area contributed by atoms with Crippen molar-refractivity contribution in [3.8, 4) is 11.8 Å². The van der Waals surface area contributed by atoms with Crippen molar-refractivity contribution in [2.45, 2.75) is 27.2 Å². The highest BCUT2D eigenvalue weighted by Crippen LogP contribution is 2.26. The van der Waals surface area contributed by atoms with Crippen LogP contribution in [-0.2, 0) is 11.2 Å². The molecule has 0 aliphatic rings. The standard InChI is InChI=1S/C21H27N5O3/c1-6-29-15-7-8-16(19(9-15)25-12-27)20(23-4)14(3)17(22)10-18-13(2)11-24-21(26-18)28-5/h7-9,11-12H,6,10,22H2,1-5H3,(H,25,27)/b17-14+,23-20?. The Morgan fingerprint density at radius 2 is 2.14 bits per heavy atom. The van der Waals surface area contributed by atoms with Crippen molar-refractivity contribution in [1.82, 2.24) is 9.97 Å². The summed E-state index contributed by atoms with van der Waals surface area (Å²) in [5.41, 5.74) is 11.5. The molecule has 8 heteroatoms. The molecule has 1 heterocycles. The van der Waals surface area contributed by atoms with Crippen molar-refractivity contribution in [3.05, 3.63) is 52.5 Å². The lowest BCUT2D eigenvalue weighted by molar-refractivity contribution is -0.105. The van der Waals surface area contributed by atoms with E-state index in [1.165, 1.54) is 7.11 Å². The largest absolute Gasteiger partial charge is 0.494 e. The third-order valence-electron chi connectivity index (χ3n) is 4.43. The first-order valence-corrected chi connectivity index (χ1v) is 9.21. The van der Waals surface area contributed by atoms with Gasteiger partial charge < -0.3 is 20.5 Å². The van der Waals surface area contributed by atoms with Gasteiger partial charge in [0.25, 0.3) is 0 Å².